The number of hydrogen-bond donors (Lipinski definition) is 1. The first kappa shape index (κ1) is 12.4. The lowest BCUT2D eigenvalue weighted by atomic mass is 10.2. The molecule has 0 atom stereocenters. The summed E-state index contributed by atoms with van der Waals surface area (Å²) in [5, 5.41) is 0. The van der Waals surface area contributed by atoms with Crippen molar-refractivity contribution in [2.75, 3.05) is 0 Å². The van der Waals surface area contributed by atoms with Gasteiger partial charge in [0, 0.05) is 12.1 Å². The van der Waals surface area contributed by atoms with Gasteiger partial charge in [-0.25, -0.2) is 9.37 Å². The molecule has 1 aromatic heterocycles. The molecular formula is C13H14FN3O. The molecule has 0 saturated carbocycles. The van der Waals surface area contributed by atoms with Gasteiger partial charge < -0.3 is 10.5 Å². The van der Waals surface area contributed by atoms with Crippen LogP contribution in [0.5, 0.6) is 11.6 Å². The average Bonchev–Trinajstić information content (AvgIpc) is 2.34. The number of nitrogens with two attached hydrogens (primary N) is 1. The second-order valence-corrected chi connectivity index (χ2v) is 3.90. The number of aryl methyl sites for hydroxylation is 2. The van der Waals surface area contributed by atoms with Crippen LogP contribution >= 0.6 is 0 Å². The predicted octanol–water partition coefficient (Wildman–Crippen LogP) is 2.48. The molecule has 0 aliphatic rings. The minimum absolute atomic E-state index is 0.0697. The van der Waals surface area contributed by atoms with Crippen LogP contribution in [0.15, 0.2) is 24.4 Å². The maximum absolute atomic E-state index is 13.5. The van der Waals surface area contributed by atoms with Gasteiger partial charge in [-0.1, -0.05) is 6.07 Å². The Kier molecular flexibility index (Phi) is 3.53. The maximum atomic E-state index is 13.5. The number of halogens is 1. The predicted molar refractivity (Wildman–Crippen MR) is 65.9 cm³/mol. The van der Waals surface area contributed by atoms with E-state index in [-0.39, 0.29) is 12.4 Å². The standard InChI is InChI=1S/C13H14FN3O/c1-8-9(2)17-13(7-16-8)18-12-5-3-4-11(14)10(12)6-15/h3-5,7H,6,15H2,1-2H3. The number of hydrogen-bond acceptors (Lipinski definition) is 4. The van der Waals surface area contributed by atoms with Crippen LogP contribution in [0.2, 0.25) is 0 Å². The molecule has 0 aliphatic heterocycles. The van der Waals surface area contributed by atoms with Crippen LogP contribution in [0.25, 0.3) is 0 Å². The lowest BCUT2D eigenvalue weighted by Gasteiger charge is -2.10. The number of aromatic nitrogens is 2. The maximum Gasteiger partial charge on any atom is 0.238 e. The highest BCUT2D eigenvalue weighted by atomic mass is 19.1. The highest BCUT2D eigenvalue weighted by Crippen LogP contribution is 2.25. The fraction of sp³-hybridized carbons (Fsp3) is 0.231. The van der Waals surface area contributed by atoms with Crippen LogP contribution in [0.3, 0.4) is 0 Å². The van der Waals surface area contributed by atoms with E-state index in [2.05, 4.69) is 9.97 Å². The van der Waals surface area contributed by atoms with Crippen molar-refractivity contribution in [3.05, 3.63) is 47.2 Å². The van der Waals surface area contributed by atoms with Crippen LogP contribution < -0.4 is 10.5 Å². The van der Waals surface area contributed by atoms with Crippen molar-refractivity contribution < 1.29 is 9.13 Å². The third-order valence-electron chi connectivity index (χ3n) is 2.66. The highest BCUT2D eigenvalue weighted by molar-refractivity contribution is 5.37. The molecule has 0 unspecified atom stereocenters. The molecule has 4 nitrogen and oxygen atoms in total. The summed E-state index contributed by atoms with van der Waals surface area (Å²) in [5.74, 6) is 0.320. The van der Waals surface area contributed by atoms with Gasteiger partial charge in [0.15, 0.2) is 0 Å². The summed E-state index contributed by atoms with van der Waals surface area (Å²) < 4.78 is 19.0. The summed E-state index contributed by atoms with van der Waals surface area (Å²) in [7, 11) is 0. The van der Waals surface area contributed by atoms with E-state index in [0.717, 1.165) is 11.4 Å². The number of nitrogens with zero attached hydrogens (tertiary/aromatic N) is 2. The lowest BCUT2D eigenvalue weighted by molar-refractivity contribution is 0.445. The molecule has 1 heterocycles. The summed E-state index contributed by atoms with van der Waals surface area (Å²) in [4.78, 5) is 8.37. The van der Waals surface area contributed by atoms with E-state index in [1.54, 1.807) is 12.1 Å². The molecule has 2 N–H and O–H groups in total. The SMILES string of the molecule is Cc1ncc(Oc2cccc(F)c2CN)nc1C. The first-order chi connectivity index (χ1) is 8.61. The van der Waals surface area contributed by atoms with Crippen LogP contribution in [-0.2, 0) is 6.54 Å². The fourth-order valence-electron chi connectivity index (χ4n) is 1.51. The number of ether oxygens (including phenoxy) is 1. The molecule has 0 fully saturated rings. The van der Waals surface area contributed by atoms with Gasteiger partial charge in [0.05, 0.1) is 17.6 Å². The van der Waals surface area contributed by atoms with Crippen molar-refractivity contribution in [1.29, 1.82) is 0 Å². The molecule has 0 bridgehead atoms. The van der Waals surface area contributed by atoms with Crippen molar-refractivity contribution in [2.45, 2.75) is 20.4 Å². The molecule has 5 heteroatoms. The van der Waals surface area contributed by atoms with Gasteiger partial charge in [-0.15, -0.1) is 0 Å². The first-order valence-electron chi connectivity index (χ1n) is 5.57. The summed E-state index contributed by atoms with van der Waals surface area (Å²) >= 11 is 0. The Morgan fingerprint density at radius 2 is 2.06 bits per heavy atom. The molecule has 0 radical (unpaired) electrons. The van der Waals surface area contributed by atoms with Gasteiger partial charge in [-0.3, -0.25) is 4.98 Å². The summed E-state index contributed by atoms with van der Waals surface area (Å²) in [6, 6.07) is 4.57. The molecular weight excluding hydrogens is 233 g/mol. The zero-order valence-electron chi connectivity index (χ0n) is 10.3. The molecule has 2 aromatic rings. The van der Waals surface area contributed by atoms with Crippen LogP contribution in [-0.4, -0.2) is 9.97 Å². The minimum atomic E-state index is -0.383. The van der Waals surface area contributed by atoms with E-state index >= 15 is 0 Å². The Balaban J connectivity index is 2.34. The summed E-state index contributed by atoms with van der Waals surface area (Å²) in [5.41, 5.74) is 7.44. The molecule has 18 heavy (non-hydrogen) atoms. The third-order valence-corrected chi connectivity index (χ3v) is 2.66. The van der Waals surface area contributed by atoms with Gasteiger partial charge in [-0.05, 0) is 26.0 Å². The van der Waals surface area contributed by atoms with Crippen LogP contribution in [0.1, 0.15) is 17.0 Å². The van der Waals surface area contributed by atoms with Gasteiger partial charge in [-0.2, -0.15) is 0 Å². The molecule has 1 aromatic carbocycles. The normalized spacial score (nSPS) is 10.4. The quantitative estimate of drug-likeness (QED) is 0.905. The Labute approximate surface area is 105 Å². The van der Waals surface area contributed by atoms with Crippen molar-refractivity contribution in [1.82, 2.24) is 9.97 Å². The Morgan fingerprint density at radius 3 is 2.72 bits per heavy atom. The smallest absolute Gasteiger partial charge is 0.238 e. The molecule has 94 valence electrons. The monoisotopic (exact) mass is 247 g/mol. The fourth-order valence-corrected chi connectivity index (χ4v) is 1.51. The van der Waals surface area contributed by atoms with Gasteiger partial charge >= 0.3 is 0 Å². The lowest BCUT2D eigenvalue weighted by Crippen LogP contribution is -2.03. The first-order valence-corrected chi connectivity index (χ1v) is 5.57. The van der Waals surface area contributed by atoms with Crippen LogP contribution in [0.4, 0.5) is 4.39 Å². The molecule has 2 rings (SSSR count). The van der Waals surface area contributed by atoms with Crippen LogP contribution in [0, 0.1) is 19.7 Å². The Hall–Kier alpha value is -2.01. The van der Waals surface area contributed by atoms with Gasteiger partial charge in [0.25, 0.3) is 0 Å². The summed E-state index contributed by atoms with van der Waals surface area (Å²) in [6.07, 6.45) is 1.51. The Morgan fingerprint density at radius 1 is 1.28 bits per heavy atom. The van der Waals surface area contributed by atoms with Gasteiger partial charge in [0.2, 0.25) is 5.88 Å². The third kappa shape index (κ3) is 2.46. The highest BCUT2D eigenvalue weighted by Gasteiger charge is 2.10. The van der Waals surface area contributed by atoms with E-state index in [0.29, 0.717) is 17.2 Å². The van der Waals surface area contributed by atoms with Crippen molar-refractivity contribution in [2.24, 2.45) is 5.73 Å². The molecule has 0 spiro atoms. The molecule has 0 amide bonds. The van der Waals surface area contributed by atoms with E-state index in [4.69, 9.17) is 10.5 Å². The molecule has 0 aliphatic carbocycles. The second kappa shape index (κ2) is 5.10. The summed E-state index contributed by atoms with van der Waals surface area (Å²) in [6.45, 7) is 3.77. The van der Waals surface area contributed by atoms with E-state index in [1.165, 1.54) is 12.3 Å². The van der Waals surface area contributed by atoms with Crippen molar-refractivity contribution in [3.8, 4) is 11.6 Å². The average molecular weight is 247 g/mol. The number of rotatable bonds is 3. The van der Waals surface area contributed by atoms with E-state index < -0.39 is 0 Å². The Bertz CT molecular complexity index is 572. The zero-order chi connectivity index (χ0) is 13.1. The second-order valence-electron chi connectivity index (χ2n) is 3.90. The van der Waals surface area contributed by atoms with E-state index in [9.17, 15) is 4.39 Å². The largest absolute Gasteiger partial charge is 0.437 e. The van der Waals surface area contributed by atoms with E-state index in [1.807, 2.05) is 13.8 Å². The van der Waals surface area contributed by atoms with Crippen molar-refractivity contribution in [3.63, 3.8) is 0 Å². The minimum Gasteiger partial charge on any atom is -0.437 e. The van der Waals surface area contributed by atoms with Crippen molar-refractivity contribution >= 4 is 0 Å². The topological polar surface area (TPSA) is 61.0 Å². The zero-order valence-corrected chi connectivity index (χ0v) is 10.3. The van der Waals surface area contributed by atoms with Gasteiger partial charge in [0.1, 0.15) is 11.6 Å². The molecule has 0 saturated heterocycles. The number of benzene rings is 1.